The smallest absolute Gasteiger partial charge is 0.196 e. The van der Waals surface area contributed by atoms with E-state index in [1.807, 2.05) is 78.9 Å². The first kappa shape index (κ1) is 15.2. The normalized spacial score (nSPS) is 12.9. The molecule has 25 heavy (non-hydrogen) atoms. The van der Waals surface area contributed by atoms with Gasteiger partial charge in [0.2, 0.25) is 0 Å². The van der Waals surface area contributed by atoms with Crippen molar-refractivity contribution in [3.63, 3.8) is 0 Å². The lowest BCUT2D eigenvalue weighted by atomic mass is 10.0. The molecule has 1 aliphatic carbocycles. The van der Waals surface area contributed by atoms with Gasteiger partial charge >= 0.3 is 0 Å². The lowest BCUT2D eigenvalue weighted by Gasteiger charge is -2.12. The van der Waals surface area contributed by atoms with Crippen LogP contribution in [0.25, 0.3) is 11.3 Å². The second kappa shape index (κ2) is 6.29. The lowest BCUT2D eigenvalue weighted by molar-refractivity contribution is 0.105. The van der Waals surface area contributed by atoms with Gasteiger partial charge in [0, 0.05) is 16.8 Å². The van der Waals surface area contributed by atoms with E-state index in [1.54, 1.807) is 7.11 Å². The fourth-order valence-electron chi connectivity index (χ4n) is 3.11. The fourth-order valence-corrected chi connectivity index (χ4v) is 3.11. The SMILES string of the molecule is COc1ccc(NC2=C(c3ccccc3)C(=O)c3ccccc32)cc1. The van der Waals surface area contributed by atoms with Gasteiger partial charge in [-0.25, -0.2) is 0 Å². The Morgan fingerprint density at radius 2 is 1.40 bits per heavy atom. The molecular formula is C22H17NO2. The Hall–Kier alpha value is -3.33. The number of ketones is 1. The number of hydrogen-bond donors (Lipinski definition) is 1. The van der Waals surface area contributed by atoms with Crippen LogP contribution in [-0.4, -0.2) is 12.9 Å². The predicted molar refractivity (Wildman–Crippen MR) is 101 cm³/mol. The molecule has 4 rings (SSSR count). The third kappa shape index (κ3) is 2.70. The molecule has 0 aliphatic heterocycles. The van der Waals surface area contributed by atoms with E-state index in [0.717, 1.165) is 33.8 Å². The van der Waals surface area contributed by atoms with E-state index >= 15 is 0 Å². The van der Waals surface area contributed by atoms with Gasteiger partial charge in [0.15, 0.2) is 5.78 Å². The van der Waals surface area contributed by atoms with Crippen LogP contribution in [0.4, 0.5) is 5.69 Å². The molecule has 0 aromatic heterocycles. The average molecular weight is 327 g/mol. The van der Waals surface area contributed by atoms with Crippen LogP contribution in [0.3, 0.4) is 0 Å². The molecule has 0 radical (unpaired) electrons. The molecule has 3 aromatic carbocycles. The topological polar surface area (TPSA) is 38.3 Å². The fraction of sp³-hybridized carbons (Fsp3) is 0.0455. The second-order valence-corrected chi connectivity index (χ2v) is 5.84. The van der Waals surface area contributed by atoms with Gasteiger partial charge < -0.3 is 10.1 Å². The summed E-state index contributed by atoms with van der Waals surface area (Å²) >= 11 is 0. The van der Waals surface area contributed by atoms with Gasteiger partial charge in [0.25, 0.3) is 0 Å². The summed E-state index contributed by atoms with van der Waals surface area (Å²) in [5, 5.41) is 3.43. The van der Waals surface area contributed by atoms with E-state index in [0.29, 0.717) is 5.57 Å². The van der Waals surface area contributed by atoms with Crippen molar-refractivity contribution in [2.24, 2.45) is 0 Å². The standard InChI is InChI=1S/C22H17NO2/c1-25-17-13-11-16(12-14-17)23-21-18-9-5-6-10-19(18)22(24)20(21)15-7-3-2-4-8-15/h2-14,23H,1H3. The molecule has 0 atom stereocenters. The van der Waals surface area contributed by atoms with Crippen LogP contribution in [0, 0.1) is 0 Å². The Morgan fingerprint density at radius 3 is 2.08 bits per heavy atom. The number of rotatable bonds is 4. The van der Waals surface area contributed by atoms with Gasteiger partial charge in [0.1, 0.15) is 5.75 Å². The largest absolute Gasteiger partial charge is 0.497 e. The molecule has 1 aliphatic rings. The summed E-state index contributed by atoms with van der Waals surface area (Å²) < 4.78 is 5.21. The maximum absolute atomic E-state index is 13.0. The Kier molecular flexibility index (Phi) is 3.82. The van der Waals surface area contributed by atoms with Crippen molar-refractivity contribution in [1.29, 1.82) is 0 Å². The van der Waals surface area contributed by atoms with Crippen LogP contribution in [0.15, 0.2) is 78.9 Å². The summed E-state index contributed by atoms with van der Waals surface area (Å²) in [6.07, 6.45) is 0. The molecule has 3 nitrogen and oxygen atoms in total. The molecule has 0 bridgehead atoms. The summed E-state index contributed by atoms with van der Waals surface area (Å²) in [5.74, 6) is 0.850. The minimum atomic E-state index is 0.0535. The van der Waals surface area contributed by atoms with E-state index < -0.39 is 0 Å². The number of Topliss-reactive ketones (excluding diaryl/α,β-unsaturated/α-hetero) is 1. The van der Waals surface area contributed by atoms with Gasteiger partial charge in [0.05, 0.1) is 18.4 Å². The summed E-state index contributed by atoms with van der Waals surface area (Å²) in [6, 6.07) is 25.2. The minimum Gasteiger partial charge on any atom is -0.497 e. The number of anilines is 1. The van der Waals surface area contributed by atoms with E-state index in [9.17, 15) is 4.79 Å². The zero-order valence-corrected chi connectivity index (χ0v) is 13.8. The quantitative estimate of drug-likeness (QED) is 0.743. The van der Waals surface area contributed by atoms with E-state index in [-0.39, 0.29) is 5.78 Å². The molecule has 0 saturated carbocycles. The van der Waals surface area contributed by atoms with Crippen molar-refractivity contribution < 1.29 is 9.53 Å². The number of methoxy groups -OCH3 is 1. The van der Waals surface area contributed by atoms with Crippen LogP contribution in [-0.2, 0) is 0 Å². The molecule has 0 heterocycles. The summed E-state index contributed by atoms with van der Waals surface area (Å²) in [7, 11) is 1.64. The Bertz CT molecular complexity index is 957. The average Bonchev–Trinajstić information content (AvgIpc) is 2.95. The van der Waals surface area contributed by atoms with Crippen LogP contribution >= 0.6 is 0 Å². The summed E-state index contributed by atoms with van der Waals surface area (Å²) in [4.78, 5) is 13.0. The van der Waals surface area contributed by atoms with Gasteiger partial charge in [-0.05, 0) is 29.8 Å². The number of benzene rings is 3. The Balaban J connectivity index is 1.83. The van der Waals surface area contributed by atoms with Crippen LogP contribution in [0.1, 0.15) is 21.5 Å². The first-order valence-electron chi connectivity index (χ1n) is 8.13. The van der Waals surface area contributed by atoms with Gasteiger partial charge in [-0.3, -0.25) is 4.79 Å². The van der Waals surface area contributed by atoms with Crippen molar-refractivity contribution in [3.05, 3.63) is 95.6 Å². The minimum absolute atomic E-state index is 0.0535. The zero-order chi connectivity index (χ0) is 17.2. The van der Waals surface area contributed by atoms with Crippen molar-refractivity contribution >= 4 is 22.7 Å². The number of ether oxygens (including phenoxy) is 1. The molecule has 0 amide bonds. The molecule has 0 saturated heterocycles. The van der Waals surface area contributed by atoms with E-state index in [4.69, 9.17) is 4.74 Å². The van der Waals surface area contributed by atoms with Crippen molar-refractivity contribution in [3.8, 4) is 5.75 Å². The highest BCUT2D eigenvalue weighted by Gasteiger charge is 2.30. The zero-order valence-electron chi connectivity index (χ0n) is 13.8. The van der Waals surface area contributed by atoms with Gasteiger partial charge in [-0.2, -0.15) is 0 Å². The highest BCUT2D eigenvalue weighted by atomic mass is 16.5. The predicted octanol–water partition coefficient (Wildman–Crippen LogP) is 4.87. The monoisotopic (exact) mass is 327 g/mol. The molecule has 3 heteroatoms. The highest BCUT2D eigenvalue weighted by molar-refractivity contribution is 6.40. The van der Waals surface area contributed by atoms with Crippen molar-refractivity contribution in [2.75, 3.05) is 12.4 Å². The molecule has 0 spiro atoms. The van der Waals surface area contributed by atoms with Crippen LogP contribution in [0.2, 0.25) is 0 Å². The van der Waals surface area contributed by atoms with Crippen LogP contribution in [0.5, 0.6) is 5.75 Å². The molecule has 3 aromatic rings. The highest BCUT2D eigenvalue weighted by Crippen LogP contribution is 2.38. The van der Waals surface area contributed by atoms with Gasteiger partial charge in [-0.15, -0.1) is 0 Å². The number of nitrogens with one attached hydrogen (secondary N) is 1. The first-order valence-corrected chi connectivity index (χ1v) is 8.13. The van der Waals surface area contributed by atoms with E-state index in [1.165, 1.54) is 0 Å². The third-order valence-electron chi connectivity index (χ3n) is 4.34. The maximum atomic E-state index is 13.0. The van der Waals surface area contributed by atoms with Crippen molar-refractivity contribution in [1.82, 2.24) is 0 Å². The van der Waals surface area contributed by atoms with E-state index in [2.05, 4.69) is 5.32 Å². The molecule has 0 fully saturated rings. The van der Waals surface area contributed by atoms with Gasteiger partial charge in [-0.1, -0.05) is 54.6 Å². The number of allylic oxidation sites excluding steroid dienone is 1. The number of fused-ring (bicyclic) bond motifs is 1. The van der Waals surface area contributed by atoms with Crippen LogP contribution < -0.4 is 10.1 Å². The third-order valence-corrected chi connectivity index (χ3v) is 4.34. The van der Waals surface area contributed by atoms with Crippen molar-refractivity contribution in [2.45, 2.75) is 0 Å². The molecule has 1 N–H and O–H groups in total. The lowest BCUT2D eigenvalue weighted by Crippen LogP contribution is -2.01. The number of hydrogen-bond acceptors (Lipinski definition) is 3. The first-order chi connectivity index (χ1) is 12.3. The molecule has 122 valence electrons. The Morgan fingerprint density at radius 1 is 0.760 bits per heavy atom. The Labute approximate surface area is 146 Å². The summed E-state index contributed by atoms with van der Waals surface area (Å²) in [6.45, 7) is 0. The maximum Gasteiger partial charge on any atom is 0.196 e. The number of carbonyl (C=O) groups is 1. The summed E-state index contributed by atoms with van der Waals surface area (Å²) in [5.41, 5.74) is 5.04. The second-order valence-electron chi connectivity index (χ2n) is 5.84. The number of carbonyl (C=O) groups excluding carboxylic acids is 1. The molecule has 0 unspecified atom stereocenters. The molecular weight excluding hydrogens is 310 g/mol.